The Morgan fingerprint density at radius 2 is 2.00 bits per heavy atom. The average Bonchev–Trinajstić information content (AvgIpc) is 2.45. The molecule has 1 fully saturated rings. The fourth-order valence-corrected chi connectivity index (χ4v) is 2.73. The van der Waals surface area contributed by atoms with E-state index in [2.05, 4.69) is 5.32 Å². The van der Waals surface area contributed by atoms with Gasteiger partial charge in [0.25, 0.3) is 0 Å². The van der Waals surface area contributed by atoms with Gasteiger partial charge in [0.2, 0.25) is 0 Å². The van der Waals surface area contributed by atoms with E-state index in [0.717, 1.165) is 25.5 Å². The molecule has 0 spiro atoms. The Bertz CT molecular complexity index is 427. The topological polar surface area (TPSA) is 21.3 Å². The van der Waals surface area contributed by atoms with E-state index in [1.807, 2.05) is 6.92 Å². The minimum Gasteiger partial charge on any atom is -0.381 e. The van der Waals surface area contributed by atoms with E-state index in [1.54, 1.807) is 6.07 Å². The van der Waals surface area contributed by atoms with Gasteiger partial charge in [0.1, 0.15) is 0 Å². The third-order valence-corrected chi connectivity index (χ3v) is 3.73. The first-order valence-electron chi connectivity index (χ1n) is 7.00. The number of alkyl halides is 3. The van der Waals surface area contributed by atoms with Gasteiger partial charge in [-0.2, -0.15) is 13.2 Å². The Morgan fingerprint density at radius 3 is 2.60 bits per heavy atom. The first-order chi connectivity index (χ1) is 9.52. The number of hydrogen-bond donors (Lipinski definition) is 1. The normalized spacial score (nSPS) is 19.0. The van der Waals surface area contributed by atoms with Crippen molar-refractivity contribution in [2.45, 2.75) is 32.0 Å². The molecule has 0 bridgehead atoms. The van der Waals surface area contributed by atoms with Gasteiger partial charge in [0.15, 0.2) is 0 Å². The summed E-state index contributed by atoms with van der Waals surface area (Å²) in [4.78, 5) is 0. The quantitative estimate of drug-likeness (QED) is 0.910. The van der Waals surface area contributed by atoms with Crippen molar-refractivity contribution < 1.29 is 17.9 Å². The summed E-state index contributed by atoms with van der Waals surface area (Å²) in [7, 11) is 0. The van der Waals surface area contributed by atoms with Crippen LogP contribution in [0.25, 0.3) is 0 Å². The summed E-state index contributed by atoms with van der Waals surface area (Å²) in [5, 5.41) is 3.32. The van der Waals surface area contributed by atoms with Crippen molar-refractivity contribution in [2.75, 3.05) is 19.8 Å². The second kappa shape index (κ2) is 6.59. The molecule has 1 heterocycles. The van der Waals surface area contributed by atoms with Crippen molar-refractivity contribution in [2.24, 2.45) is 5.92 Å². The van der Waals surface area contributed by atoms with Crippen molar-refractivity contribution in [3.8, 4) is 0 Å². The van der Waals surface area contributed by atoms with Crippen molar-refractivity contribution in [3.63, 3.8) is 0 Å². The zero-order chi connectivity index (χ0) is 14.6. The van der Waals surface area contributed by atoms with Crippen molar-refractivity contribution in [1.82, 2.24) is 5.32 Å². The van der Waals surface area contributed by atoms with Gasteiger partial charge in [-0.3, -0.25) is 0 Å². The fraction of sp³-hybridized carbons (Fsp3) is 0.600. The summed E-state index contributed by atoms with van der Waals surface area (Å²) < 4.78 is 43.8. The fourth-order valence-electron chi connectivity index (χ4n) is 2.73. The molecule has 0 saturated carbocycles. The molecular weight excluding hydrogens is 267 g/mol. The lowest BCUT2D eigenvalue weighted by Gasteiger charge is -2.31. The maximum absolute atomic E-state index is 12.8. The van der Waals surface area contributed by atoms with E-state index in [4.69, 9.17) is 4.74 Å². The Labute approximate surface area is 117 Å². The van der Waals surface area contributed by atoms with Gasteiger partial charge < -0.3 is 10.1 Å². The van der Waals surface area contributed by atoms with E-state index < -0.39 is 11.7 Å². The lowest BCUT2D eigenvalue weighted by Crippen LogP contribution is -2.32. The maximum atomic E-state index is 12.8. The molecule has 2 nitrogen and oxygen atoms in total. The highest BCUT2D eigenvalue weighted by Crippen LogP contribution is 2.34. The van der Waals surface area contributed by atoms with Gasteiger partial charge >= 0.3 is 6.18 Å². The summed E-state index contributed by atoms with van der Waals surface area (Å²) in [5.74, 6) is 0.326. The van der Waals surface area contributed by atoms with Crippen molar-refractivity contribution >= 4 is 0 Å². The number of ether oxygens (including phenoxy) is 1. The van der Waals surface area contributed by atoms with E-state index in [0.29, 0.717) is 24.7 Å². The van der Waals surface area contributed by atoms with Crippen LogP contribution in [0.3, 0.4) is 0 Å². The second-order valence-electron chi connectivity index (χ2n) is 5.11. The molecule has 5 heteroatoms. The van der Waals surface area contributed by atoms with Crippen LogP contribution >= 0.6 is 0 Å². The minimum atomic E-state index is -4.29. The van der Waals surface area contributed by atoms with Gasteiger partial charge in [-0.05, 0) is 43.0 Å². The minimum absolute atomic E-state index is 0.0359. The van der Waals surface area contributed by atoms with E-state index in [-0.39, 0.29) is 6.04 Å². The zero-order valence-electron chi connectivity index (χ0n) is 11.5. The summed E-state index contributed by atoms with van der Waals surface area (Å²) >= 11 is 0. The predicted molar refractivity (Wildman–Crippen MR) is 71.4 cm³/mol. The largest absolute Gasteiger partial charge is 0.416 e. The summed E-state index contributed by atoms with van der Waals surface area (Å²) in [6, 6.07) is 5.62. The molecule has 1 aromatic rings. The molecule has 0 aromatic heterocycles. The van der Waals surface area contributed by atoms with Crippen LogP contribution in [0.15, 0.2) is 24.3 Å². The Balaban J connectivity index is 2.24. The van der Waals surface area contributed by atoms with Crippen LogP contribution in [0, 0.1) is 5.92 Å². The molecule has 1 N–H and O–H groups in total. The monoisotopic (exact) mass is 287 g/mol. The average molecular weight is 287 g/mol. The lowest BCUT2D eigenvalue weighted by atomic mass is 9.86. The molecule has 1 aliphatic heterocycles. The van der Waals surface area contributed by atoms with E-state index in [9.17, 15) is 13.2 Å². The summed E-state index contributed by atoms with van der Waals surface area (Å²) in [5.41, 5.74) is 0.138. The van der Waals surface area contributed by atoms with Gasteiger partial charge in [-0.1, -0.05) is 19.1 Å². The van der Waals surface area contributed by atoms with Crippen LogP contribution in [-0.4, -0.2) is 19.8 Å². The Hall–Kier alpha value is -1.07. The molecular formula is C15H20F3NO. The SMILES string of the molecule is CCNC(c1cccc(C(F)(F)F)c1)C1CCOCC1. The third-order valence-electron chi connectivity index (χ3n) is 3.73. The van der Waals surface area contributed by atoms with Gasteiger partial charge in [0, 0.05) is 19.3 Å². The predicted octanol–water partition coefficient (Wildman–Crippen LogP) is 3.78. The summed E-state index contributed by atoms with van der Waals surface area (Å²) in [6.07, 6.45) is -2.52. The van der Waals surface area contributed by atoms with Crippen LogP contribution in [0.2, 0.25) is 0 Å². The highest BCUT2D eigenvalue weighted by Gasteiger charge is 2.32. The molecule has 0 amide bonds. The molecule has 1 saturated heterocycles. The highest BCUT2D eigenvalue weighted by molar-refractivity contribution is 5.28. The Kier molecular flexibility index (Phi) is 5.05. The standard InChI is InChI=1S/C15H20F3NO/c1-2-19-14(11-6-8-20-9-7-11)12-4-3-5-13(10-12)15(16,17)18/h3-5,10-11,14,19H,2,6-9H2,1H3. The molecule has 1 aromatic carbocycles. The van der Waals surface area contributed by atoms with Crippen LogP contribution in [-0.2, 0) is 10.9 Å². The summed E-state index contributed by atoms with van der Waals surface area (Å²) in [6.45, 7) is 4.08. The number of benzene rings is 1. The zero-order valence-corrected chi connectivity index (χ0v) is 11.5. The third kappa shape index (κ3) is 3.73. The van der Waals surface area contributed by atoms with E-state index >= 15 is 0 Å². The van der Waals surface area contributed by atoms with Crippen molar-refractivity contribution in [3.05, 3.63) is 35.4 Å². The number of rotatable bonds is 4. The van der Waals surface area contributed by atoms with E-state index in [1.165, 1.54) is 12.1 Å². The van der Waals surface area contributed by atoms with Gasteiger partial charge in [-0.15, -0.1) is 0 Å². The molecule has 1 aliphatic rings. The molecule has 2 rings (SSSR count). The second-order valence-corrected chi connectivity index (χ2v) is 5.11. The molecule has 1 unspecified atom stereocenters. The molecule has 0 aliphatic carbocycles. The number of hydrogen-bond acceptors (Lipinski definition) is 2. The Morgan fingerprint density at radius 1 is 1.30 bits per heavy atom. The first-order valence-corrected chi connectivity index (χ1v) is 7.00. The lowest BCUT2D eigenvalue weighted by molar-refractivity contribution is -0.137. The molecule has 0 radical (unpaired) electrons. The smallest absolute Gasteiger partial charge is 0.381 e. The van der Waals surface area contributed by atoms with Crippen LogP contribution in [0.4, 0.5) is 13.2 Å². The number of nitrogens with one attached hydrogen (secondary N) is 1. The maximum Gasteiger partial charge on any atom is 0.416 e. The number of halogens is 3. The molecule has 20 heavy (non-hydrogen) atoms. The van der Waals surface area contributed by atoms with Crippen molar-refractivity contribution in [1.29, 1.82) is 0 Å². The van der Waals surface area contributed by atoms with Crippen LogP contribution < -0.4 is 5.32 Å². The van der Waals surface area contributed by atoms with Crippen LogP contribution in [0.5, 0.6) is 0 Å². The molecule has 1 atom stereocenters. The molecule has 112 valence electrons. The highest BCUT2D eigenvalue weighted by atomic mass is 19.4. The van der Waals surface area contributed by atoms with Gasteiger partial charge in [0.05, 0.1) is 5.56 Å². The van der Waals surface area contributed by atoms with Gasteiger partial charge in [-0.25, -0.2) is 0 Å². The first kappa shape index (κ1) is 15.3. The van der Waals surface area contributed by atoms with Crippen LogP contribution in [0.1, 0.15) is 36.9 Å².